The summed E-state index contributed by atoms with van der Waals surface area (Å²) in [5.74, 6) is -2.25. The van der Waals surface area contributed by atoms with Crippen molar-refractivity contribution in [2.45, 2.75) is 17.5 Å². The first-order valence-electron chi connectivity index (χ1n) is 9.47. The van der Waals surface area contributed by atoms with Crippen LogP contribution in [-0.4, -0.2) is 55.1 Å². The average Bonchev–Trinajstić information content (AvgIpc) is 3.12. The molecule has 154 valence electrons. The van der Waals surface area contributed by atoms with Crippen molar-refractivity contribution in [1.29, 1.82) is 0 Å². The Hall–Kier alpha value is -3.10. The van der Waals surface area contributed by atoms with Crippen molar-refractivity contribution in [3.63, 3.8) is 0 Å². The molecule has 0 bridgehead atoms. The molecule has 8 heteroatoms. The summed E-state index contributed by atoms with van der Waals surface area (Å²) in [6.07, 6.45) is 2.58. The van der Waals surface area contributed by atoms with E-state index in [4.69, 9.17) is 0 Å². The van der Waals surface area contributed by atoms with E-state index in [-0.39, 0.29) is 10.6 Å². The minimum atomic E-state index is -4.02. The molecule has 0 aromatic heterocycles. The number of ketones is 2. The Balaban J connectivity index is 1.77. The summed E-state index contributed by atoms with van der Waals surface area (Å²) in [5, 5.41) is 4.34. The number of sulfonamides is 1. The number of hydrogen-bond acceptors (Lipinski definition) is 6. The molecule has 2 aromatic carbocycles. The zero-order chi connectivity index (χ0) is 21.5. The molecule has 30 heavy (non-hydrogen) atoms. The molecule has 2 aromatic rings. The first-order chi connectivity index (χ1) is 14.3. The molecule has 1 aliphatic carbocycles. The second kappa shape index (κ2) is 7.62. The molecule has 0 spiro atoms. The molecule has 1 heterocycles. The normalized spacial score (nSPS) is 21.2. The highest BCUT2D eigenvalue weighted by molar-refractivity contribution is 7.89. The number of Topliss-reactive ketones (excluding diaryl/α,β-unsaturated/α-hetero) is 1. The minimum absolute atomic E-state index is 0.0829. The SMILES string of the molecule is CN(C)Cc1ccc(S(=O)(=O)N2N=C(c3ccccc3)C3C(=O)C(=O)C=CC32)cc1. The monoisotopic (exact) mass is 423 g/mol. The summed E-state index contributed by atoms with van der Waals surface area (Å²) >= 11 is 0. The molecule has 0 amide bonds. The van der Waals surface area contributed by atoms with Gasteiger partial charge in [0.2, 0.25) is 11.6 Å². The van der Waals surface area contributed by atoms with Gasteiger partial charge in [-0.25, -0.2) is 0 Å². The van der Waals surface area contributed by atoms with Crippen LogP contribution in [0.15, 0.2) is 76.7 Å². The lowest BCUT2D eigenvalue weighted by Crippen LogP contribution is -2.44. The van der Waals surface area contributed by atoms with Gasteiger partial charge in [0.15, 0.2) is 0 Å². The zero-order valence-corrected chi connectivity index (χ0v) is 17.4. The Morgan fingerprint density at radius 1 is 1.00 bits per heavy atom. The lowest BCUT2D eigenvalue weighted by atomic mass is 9.83. The topological polar surface area (TPSA) is 87.1 Å². The van der Waals surface area contributed by atoms with E-state index in [0.29, 0.717) is 12.1 Å². The van der Waals surface area contributed by atoms with Gasteiger partial charge in [0.1, 0.15) is 0 Å². The quantitative estimate of drug-likeness (QED) is 0.685. The van der Waals surface area contributed by atoms with Crippen molar-refractivity contribution in [3.8, 4) is 0 Å². The zero-order valence-electron chi connectivity index (χ0n) is 16.6. The van der Waals surface area contributed by atoms with Gasteiger partial charge in [-0.2, -0.15) is 17.9 Å². The fourth-order valence-corrected chi connectivity index (χ4v) is 5.11. The first-order valence-corrected chi connectivity index (χ1v) is 10.9. The third-order valence-electron chi connectivity index (χ3n) is 5.10. The van der Waals surface area contributed by atoms with E-state index in [9.17, 15) is 18.0 Å². The third kappa shape index (κ3) is 3.48. The third-order valence-corrected chi connectivity index (χ3v) is 6.79. The Labute approximate surface area is 175 Å². The fourth-order valence-electron chi connectivity index (χ4n) is 3.71. The molecular formula is C22H21N3O4S. The second-order valence-corrected chi connectivity index (χ2v) is 9.36. The van der Waals surface area contributed by atoms with Gasteiger partial charge in [0, 0.05) is 6.54 Å². The van der Waals surface area contributed by atoms with Gasteiger partial charge in [-0.15, -0.1) is 0 Å². The number of nitrogens with zero attached hydrogens (tertiary/aromatic N) is 3. The largest absolute Gasteiger partial charge is 0.305 e. The smallest absolute Gasteiger partial charge is 0.279 e. The number of fused-ring (bicyclic) bond motifs is 1. The van der Waals surface area contributed by atoms with Gasteiger partial charge in [0.25, 0.3) is 10.0 Å². The summed E-state index contributed by atoms with van der Waals surface area (Å²) in [7, 11) is -0.152. The molecule has 2 atom stereocenters. The van der Waals surface area contributed by atoms with E-state index in [1.54, 1.807) is 48.5 Å². The predicted octanol–water partition coefficient (Wildman–Crippen LogP) is 1.85. The number of rotatable bonds is 5. The number of allylic oxidation sites excluding steroid dienone is 1. The standard InChI is InChI=1S/C22H21N3O4S/c1-24(2)14-15-8-10-17(11-9-15)30(28,29)25-18-12-13-19(26)22(27)20(18)21(23-25)16-6-4-3-5-7-16/h3-13,18,20H,14H2,1-2H3. The fraction of sp³-hybridized carbons (Fsp3) is 0.227. The first kappa shape index (κ1) is 20.2. The van der Waals surface area contributed by atoms with E-state index in [2.05, 4.69) is 5.10 Å². The highest BCUT2D eigenvalue weighted by Gasteiger charge is 2.49. The van der Waals surface area contributed by atoms with E-state index < -0.39 is 33.5 Å². The number of carbonyl (C=O) groups is 2. The van der Waals surface area contributed by atoms with Gasteiger partial charge >= 0.3 is 0 Å². The maximum absolute atomic E-state index is 13.4. The molecule has 0 fully saturated rings. The predicted molar refractivity (Wildman–Crippen MR) is 112 cm³/mol. The van der Waals surface area contributed by atoms with Gasteiger partial charge in [0.05, 0.1) is 22.6 Å². The van der Waals surface area contributed by atoms with Crippen LogP contribution in [0.5, 0.6) is 0 Å². The van der Waals surface area contributed by atoms with Crippen molar-refractivity contribution < 1.29 is 18.0 Å². The maximum atomic E-state index is 13.4. The highest BCUT2D eigenvalue weighted by Crippen LogP contribution is 2.34. The van der Waals surface area contributed by atoms with E-state index in [1.807, 2.05) is 25.1 Å². The highest BCUT2D eigenvalue weighted by atomic mass is 32.2. The van der Waals surface area contributed by atoms with Crippen LogP contribution in [0.25, 0.3) is 0 Å². The van der Waals surface area contributed by atoms with Gasteiger partial charge in [-0.1, -0.05) is 48.5 Å². The van der Waals surface area contributed by atoms with Crippen molar-refractivity contribution in [1.82, 2.24) is 9.31 Å². The number of hydrazone groups is 1. The summed E-state index contributed by atoms with van der Waals surface area (Å²) in [4.78, 5) is 26.7. The Morgan fingerprint density at radius 3 is 2.30 bits per heavy atom. The minimum Gasteiger partial charge on any atom is -0.305 e. The summed E-state index contributed by atoms with van der Waals surface area (Å²) in [5.41, 5.74) is 1.88. The van der Waals surface area contributed by atoms with Gasteiger partial charge < -0.3 is 4.90 Å². The maximum Gasteiger partial charge on any atom is 0.279 e. The van der Waals surface area contributed by atoms with E-state index in [0.717, 1.165) is 16.1 Å². The summed E-state index contributed by atoms with van der Waals surface area (Å²) in [6, 6.07) is 14.6. The lowest BCUT2D eigenvalue weighted by Gasteiger charge is -2.26. The second-order valence-electron chi connectivity index (χ2n) is 7.57. The van der Waals surface area contributed by atoms with Crippen LogP contribution in [0.1, 0.15) is 11.1 Å². The van der Waals surface area contributed by atoms with Crippen molar-refractivity contribution in [2.24, 2.45) is 11.0 Å². The van der Waals surface area contributed by atoms with Gasteiger partial charge in [-0.05, 0) is 43.4 Å². The summed E-state index contributed by atoms with van der Waals surface area (Å²) < 4.78 is 27.7. The van der Waals surface area contributed by atoms with Crippen LogP contribution in [0.4, 0.5) is 0 Å². The van der Waals surface area contributed by atoms with Crippen LogP contribution >= 0.6 is 0 Å². The molecule has 1 aliphatic heterocycles. The molecular weight excluding hydrogens is 402 g/mol. The van der Waals surface area contributed by atoms with Crippen molar-refractivity contribution in [2.75, 3.05) is 14.1 Å². The average molecular weight is 423 g/mol. The molecule has 7 nitrogen and oxygen atoms in total. The lowest BCUT2D eigenvalue weighted by molar-refractivity contribution is -0.135. The van der Waals surface area contributed by atoms with Crippen LogP contribution in [0, 0.1) is 5.92 Å². The molecule has 2 unspecified atom stereocenters. The van der Waals surface area contributed by atoms with Crippen LogP contribution < -0.4 is 0 Å². The molecule has 0 N–H and O–H groups in total. The van der Waals surface area contributed by atoms with Crippen LogP contribution in [0.2, 0.25) is 0 Å². The Morgan fingerprint density at radius 2 is 1.67 bits per heavy atom. The van der Waals surface area contributed by atoms with E-state index >= 15 is 0 Å². The van der Waals surface area contributed by atoms with E-state index in [1.165, 1.54) is 6.08 Å². The summed E-state index contributed by atoms with van der Waals surface area (Å²) in [6.45, 7) is 0.685. The Kier molecular flexibility index (Phi) is 5.13. The Bertz CT molecular complexity index is 1150. The molecule has 0 saturated heterocycles. The molecule has 0 saturated carbocycles. The molecule has 2 aliphatic rings. The van der Waals surface area contributed by atoms with Crippen molar-refractivity contribution >= 4 is 27.3 Å². The van der Waals surface area contributed by atoms with Crippen molar-refractivity contribution in [3.05, 3.63) is 77.9 Å². The number of carbonyl (C=O) groups excluding carboxylic acids is 2. The number of hydrogen-bond donors (Lipinski definition) is 0. The number of benzene rings is 2. The van der Waals surface area contributed by atoms with Gasteiger partial charge in [-0.3, -0.25) is 9.59 Å². The molecule has 4 rings (SSSR count). The molecule has 0 radical (unpaired) electrons. The van der Waals surface area contributed by atoms with Crippen LogP contribution in [0.3, 0.4) is 0 Å². The van der Waals surface area contributed by atoms with Crippen LogP contribution in [-0.2, 0) is 26.2 Å².